The van der Waals surface area contributed by atoms with Crippen LogP contribution in [-0.4, -0.2) is 37.5 Å². The quantitative estimate of drug-likeness (QED) is 0.774. The molecule has 3 rings (SSSR count). The van der Waals surface area contributed by atoms with Crippen LogP contribution in [0.15, 0.2) is 23.0 Å². The Labute approximate surface area is 149 Å². The average Bonchev–Trinajstić information content (AvgIpc) is 2.89. The molecule has 0 fully saturated rings. The van der Waals surface area contributed by atoms with Gasteiger partial charge in [0.25, 0.3) is 0 Å². The summed E-state index contributed by atoms with van der Waals surface area (Å²) in [5.41, 5.74) is -0.930. The number of ether oxygens (including phenoxy) is 1. The molecule has 0 N–H and O–H groups in total. The third-order valence-electron chi connectivity index (χ3n) is 3.83. The highest BCUT2D eigenvalue weighted by molar-refractivity contribution is 5.68. The smallest absolute Gasteiger partial charge is 0.410 e. The number of hydrogen-bond acceptors (Lipinski definition) is 5. The fourth-order valence-electron chi connectivity index (χ4n) is 2.63. The number of amides is 1. The van der Waals surface area contributed by atoms with Gasteiger partial charge >= 0.3 is 11.8 Å². The number of fused-ring (bicyclic) bond motifs is 1. The number of nitriles is 1. The van der Waals surface area contributed by atoms with Crippen molar-refractivity contribution < 1.29 is 13.9 Å². The van der Waals surface area contributed by atoms with Crippen LogP contribution in [0.5, 0.6) is 0 Å². The average molecular weight is 359 g/mol. The first kappa shape index (κ1) is 17.7. The van der Waals surface area contributed by atoms with Crippen molar-refractivity contribution in [2.75, 3.05) is 6.54 Å². The molecule has 1 aromatic heterocycles. The second kappa shape index (κ2) is 6.29. The van der Waals surface area contributed by atoms with Crippen LogP contribution in [0.25, 0.3) is 5.69 Å². The number of halogens is 1. The number of carbonyl (C=O) groups is 1. The fraction of sp³-hybridized carbons (Fsp3) is 0.412. The van der Waals surface area contributed by atoms with E-state index in [-0.39, 0.29) is 24.3 Å². The molecule has 8 nitrogen and oxygen atoms in total. The number of hydrogen-bond donors (Lipinski definition) is 0. The summed E-state index contributed by atoms with van der Waals surface area (Å²) in [6.45, 7) is 6.04. The lowest BCUT2D eigenvalue weighted by Crippen LogP contribution is -2.43. The van der Waals surface area contributed by atoms with E-state index in [1.165, 1.54) is 21.6 Å². The molecule has 1 amide bonds. The molecule has 9 heteroatoms. The molecular weight excluding hydrogens is 341 g/mol. The molecule has 1 aliphatic heterocycles. The predicted molar refractivity (Wildman–Crippen MR) is 89.1 cm³/mol. The molecule has 0 spiro atoms. The summed E-state index contributed by atoms with van der Waals surface area (Å²) in [5.74, 6) is -0.338. The normalized spacial score (nSPS) is 13.9. The van der Waals surface area contributed by atoms with E-state index in [1.54, 1.807) is 26.8 Å². The maximum Gasteiger partial charge on any atom is 0.410 e. The first-order valence-electron chi connectivity index (χ1n) is 8.06. The number of benzene rings is 1. The molecule has 0 bridgehead atoms. The van der Waals surface area contributed by atoms with Crippen molar-refractivity contribution in [3.8, 4) is 11.8 Å². The number of nitrogens with zero attached hydrogens (tertiary/aromatic N) is 5. The van der Waals surface area contributed by atoms with E-state index < -0.39 is 23.2 Å². The van der Waals surface area contributed by atoms with Gasteiger partial charge in [-0.05, 0) is 32.9 Å². The Morgan fingerprint density at radius 2 is 2.08 bits per heavy atom. The van der Waals surface area contributed by atoms with E-state index in [2.05, 4.69) is 5.10 Å². The predicted octanol–water partition coefficient (Wildman–Crippen LogP) is 1.80. The zero-order valence-electron chi connectivity index (χ0n) is 14.7. The second-order valence-electron chi connectivity index (χ2n) is 6.94. The van der Waals surface area contributed by atoms with Crippen molar-refractivity contribution in [1.82, 2.24) is 19.2 Å². The standard InChI is InChI=1S/C17H18FN5O3/c1-17(2,3)26-16(25)21-6-7-22-14(10-21)20-23(15(22)24)12-5-4-11(9-19)13(18)8-12/h4-5,8H,6-7,10H2,1-3H3. The lowest BCUT2D eigenvalue weighted by atomic mass is 10.2. The monoisotopic (exact) mass is 359 g/mol. The Bertz CT molecular complexity index is 964. The van der Waals surface area contributed by atoms with Crippen molar-refractivity contribution >= 4 is 6.09 Å². The second-order valence-corrected chi connectivity index (χ2v) is 6.94. The molecule has 0 atom stereocenters. The van der Waals surface area contributed by atoms with Crippen molar-refractivity contribution in [1.29, 1.82) is 5.26 Å². The van der Waals surface area contributed by atoms with Crippen LogP contribution in [0.4, 0.5) is 9.18 Å². The Hall–Kier alpha value is -3.15. The Morgan fingerprint density at radius 3 is 2.69 bits per heavy atom. The van der Waals surface area contributed by atoms with Crippen molar-refractivity contribution in [2.24, 2.45) is 0 Å². The molecule has 0 unspecified atom stereocenters. The molecule has 0 saturated heterocycles. The number of rotatable bonds is 1. The summed E-state index contributed by atoms with van der Waals surface area (Å²) in [6, 6.07) is 5.56. The zero-order valence-corrected chi connectivity index (χ0v) is 14.7. The summed E-state index contributed by atoms with van der Waals surface area (Å²) >= 11 is 0. The number of carbonyl (C=O) groups excluding carboxylic acids is 1. The van der Waals surface area contributed by atoms with Gasteiger partial charge in [0.05, 0.1) is 17.8 Å². The van der Waals surface area contributed by atoms with Crippen LogP contribution in [0.2, 0.25) is 0 Å². The minimum Gasteiger partial charge on any atom is -0.444 e. The van der Waals surface area contributed by atoms with E-state index in [9.17, 15) is 14.0 Å². The highest BCUT2D eigenvalue weighted by Gasteiger charge is 2.28. The Balaban J connectivity index is 1.89. The van der Waals surface area contributed by atoms with Crippen LogP contribution < -0.4 is 5.69 Å². The summed E-state index contributed by atoms with van der Waals surface area (Å²) < 4.78 is 21.7. The van der Waals surface area contributed by atoms with Crippen molar-refractivity contribution in [3.05, 3.63) is 45.9 Å². The van der Waals surface area contributed by atoms with Gasteiger partial charge in [0.1, 0.15) is 17.5 Å². The first-order valence-corrected chi connectivity index (χ1v) is 8.06. The van der Waals surface area contributed by atoms with Crippen LogP contribution in [-0.2, 0) is 17.8 Å². The van der Waals surface area contributed by atoms with Gasteiger partial charge in [-0.15, -0.1) is 5.10 Å². The third-order valence-corrected chi connectivity index (χ3v) is 3.83. The van der Waals surface area contributed by atoms with Gasteiger partial charge in [0, 0.05) is 19.2 Å². The molecule has 1 aliphatic rings. The third kappa shape index (κ3) is 3.31. The molecule has 2 aromatic rings. The summed E-state index contributed by atoms with van der Waals surface area (Å²) in [5, 5.41) is 13.0. The Morgan fingerprint density at radius 1 is 1.35 bits per heavy atom. The van der Waals surface area contributed by atoms with Crippen molar-refractivity contribution in [3.63, 3.8) is 0 Å². The van der Waals surface area contributed by atoms with E-state index >= 15 is 0 Å². The molecular formula is C17H18FN5O3. The van der Waals surface area contributed by atoms with Gasteiger partial charge < -0.3 is 4.74 Å². The van der Waals surface area contributed by atoms with Gasteiger partial charge in [0.15, 0.2) is 5.82 Å². The van der Waals surface area contributed by atoms with Crippen LogP contribution >= 0.6 is 0 Å². The van der Waals surface area contributed by atoms with Gasteiger partial charge in [-0.1, -0.05) is 0 Å². The summed E-state index contributed by atoms with van der Waals surface area (Å²) in [6.07, 6.45) is -0.477. The summed E-state index contributed by atoms with van der Waals surface area (Å²) in [7, 11) is 0. The van der Waals surface area contributed by atoms with Gasteiger partial charge in [-0.25, -0.2) is 14.0 Å². The molecule has 0 aliphatic carbocycles. The first-order chi connectivity index (χ1) is 12.2. The maximum atomic E-state index is 13.8. The molecule has 136 valence electrons. The number of aromatic nitrogens is 3. The molecule has 2 heterocycles. The van der Waals surface area contributed by atoms with Gasteiger partial charge in [0.2, 0.25) is 0 Å². The minimum atomic E-state index is -0.724. The van der Waals surface area contributed by atoms with E-state index in [4.69, 9.17) is 10.00 Å². The van der Waals surface area contributed by atoms with E-state index in [0.29, 0.717) is 12.4 Å². The minimum absolute atomic E-state index is 0.109. The van der Waals surface area contributed by atoms with Crippen LogP contribution in [0, 0.1) is 17.1 Å². The van der Waals surface area contributed by atoms with Crippen LogP contribution in [0.3, 0.4) is 0 Å². The largest absolute Gasteiger partial charge is 0.444 e. The molecule has 0 saturated carbocycles. The van der Waals surface area contributed by atoms with E-state index in [1.807, 2.05) is 0 Å². The summed E-state index contributed by atoms with van der Waals surface area (Å²) in [4.78, 5) is 26.2. The lowest BCUT2D eigenvalue weighted by Gasteiger charge is -2.29. The Kier molecular flexibility index (Phi) is 4.28. The zero-order chi connectivity index (χ0) is 19.1. The highest BCUT2D eigenvalue weighted by Crippen LogP contribution is 2.16. The lowest BCUT2D eigenvalue weighted by molar-refractivity contribution is 0.0194. The maximum absolute atomic E-state index is 13.8. The van der Waals surface area contributed by atoms with Crippen molar-refractivity contribution in [2.45, 2.75) is 39.5 Å². The van der Waals surface area contributed by atoms with E-state index in [0.717, 1.165) is 10.7 Å². The highest BCUT2D eigenvalue weighted by atomic mass is 19.1. The van der Waals surface area contributed by atoms with Gasteiger partial charge in [-0.3, -0.25) is 9.47 Å². The SMILES string of the molecule is CC(C)(C)OC(=O)N1CCn2c(nn(-c3ccc(C#N)c(F)c3)c2=O)C1. The molecule has 0 radical (unpaired) electrons. The molecule has 26 heavy (non-hydrogen) atoms. The van der Waals surface area contributed by atoms with Crippen LogP contribution in [0.1, 0.15) is 32.2 Å². The fourth-order valence-corrected chi connectivity index (χ4v) is 2.63. The topological polar surface area (TPSA) is 93.2 Å². The van der Waals surface area contributed by atoms with Gasteiger partial charge in [-0.2, -0.15) is 9.94 Å². The molecule has 1 aromatic carbocycles.